The van der Waals surface area contributed by atoms with Gasteiger partial charge in [-0.25, -0.2) is 14.0 Å². The van der Waals surface area contributed by atoms with Crippen molar-refractivity contribution in [1.82, 2.24) is 48.0 Å². The third kappa shape index (κ3) is 8.84. The molecule has 2 aliphatic heterocycles. The van der Waals surface area contributed by atoms with Gasteiger partial charge in [0, 0.05) is 70.1 Å². The zero-order valence-corrected chi connectivity index (χ0v) is 36.2. The monoisotopic (exact) mass is 938 g/mol. The van der Waals surface area contributed by atoms with Gasteiger partial charge in [-0.3, -0.25) is 37.0 Å². The van der Waals surface area contributed by atoms with Crippen LogP contribution in [0.3, 0.4) is 0 Å². The van der Waals surface area contributed by atoms with Crippen LogP contribution in [0.25, 0.3) is 22.3 Å². The number of halogens is 2. The van der Waals surface area contributed by atoms with Gasteiger partial charge in [-0.1, -0.05) is 48.5 Å². The van der Waals surface area contributed by atoms with Crippen molar-refractivity contribution in [2.24, 2.45) is 14.1 Å². The summed E-state index contributed by atoms with van der Waals surface area (Å²) in [5.41, 5.74) is 1.78. The van der Waals surface area contributed by atoms with Crippen LogP contribution in [0.5, 0.6) is 0 Å². The molecule has 2 aliphatic rings. The first-order valence-electron chi connectivity index (χ1n) is 20.4. The van der Waals surface area contributed by atoms with Gasteiger partial charge in [-0.2, -0.15) is 9.97 Å². The largest absolute Gasteiger partial charge is 0.396 e. The van der Waals surface area contributed by atoms with Gasteiger partial charge in [0.1, 0.15) is 6.67 Å². The average Bonchev–Trinajstić information content (AvgIpc) is 3.52. The SMILES string of the molecule is Cn1c(=O)n(CCCO)c(=O)c2c1nc(N1CCCNCC1)n2Cc1ccccc1.Cn1c(=O)n(CCF)c(=O)c2c1nc(N1CCCNCC1)n2Cc1ccccc1I. The molecule has 3 N–H and O–H groups in total. The van der Waals surface area contributed by atoms with Crippen molar-refractivity contribution in [3.63, 3.8) is 0 Å². The van der Waals surface area contributed by atoms with Gasteiger partial charge >= 0.3 is 11.4 Å². The topological polar surface area (TPSA) is 174 Å². The second-order valence-electron chi connectivity index (χ2n) is 15.0. The van der Waals surface area contributed by atoms with Crippen LogP contribution in [0.1, 0.15) is 30.4 Å². The van der Waals surface area contributed by atoms with Crippen molar-refractivity contribution < 1.29 is 9.50 Å². The number of nitrogens with one attached hydrogen (secondary N) is 2. The maximum Gasteiger partial charge on any atom is 0.332 e. The van der Waals surface area contributed by atoms with Gasteiger partial charge in [0.05, 0.1) is 19.6 Å². The van der Waals surface area contributed by atoms with Gasteiger partial charge in [-0.15, -0.1) is 0 Å². The van der Waals surface area contributed by atoms with Crippen LogP contribution >= 0.6 is 22.6 Å². The van der Waals surface area contributed by atoms with E-state index in [2.05, 4.69) is 43.0 Å². The minimum absolute atomic E-state index is 0.0804. The number of anilines is 2. The van der Waals surface area contributed by atoms with Crippen LogP contribution in [0, 0.1) is 3.57 Å². The van der Waals surface area contributed by atoms with Crippen LogP contribution in [-0.4, -0.2) is 108 Å². The highest BCUT2D eigenvalue weighted by Crippen LogP contribution is 2.25. The molecule has 2 saturated heterocycles. The lowest BCUT2D eigenvalue weighted by molar-refractivity contribution is 0.277. The fraction of sp³-hybridized carbons (Fsp3) is 0.463. The van der Waals surface area contributed by atoms with Crippen molar-refractivity contribution in [1.29, 1.82) is 0 Å². The molecule has 8 rings (SSSR count). The number of fused-ring (bicyclic) bond motifs is 2. The van der Waals surface area contributed by atoms with Gasteiger partial charge in [0.2, 0.25) is 11.9 Å². The van der Waals surface area contributed by atoms with E-state index >= 15 is 0 Å². The predicted molar refractivity (Wildman–Crippen MR) is 239 cm³/mol. The lowest BCUT2D eigenvalue weighted by Crippen LogP contribution is -2.40. The van der Waals surface area contributed by atoms with E-state index in [0.717, 1.165) is 84.5 Å². The number of aliphatic hydroxyl groups is 1. The molecule has 320 valence electrons. The molecule has 2 aromatic carbocycles. The molecule has 17 nitrogen and oxygen atoms in total. The molecule has 0 spiro atoms. The molecule has 0 aliphatic carbocycles. The lowest BCUT2D eigenvalue weighted by Gasteiger charge is -2.22. The first-order chi connectivity index (χ1) is 29.1. The number of imidazole rings is 2. The highest BCUT2D eigenvalue weighted by Gasteiger charge is 2.26. The molecular weight excluding hydrogens is 886 g/mol. The predicted octanol–water partition coefficient (Wildman–Crippen LogP) is 1.45. The van der Waals surface area contributed by atoms with E-state index in [0.29, 0.717) is 53.7 Å². The summed E-state index contributed by atoms with van der Waals surface area (Å²) in [5.74, 6) is 1.38. The standard InChI is InChI=1S/C21H28N6O3.C20H24FIN6O2/c1-24-18-17(19(29)26(21(24)30)12-6-14-28)27(15-16-7-3-2-4-8-16)20(23-18)25-11-5-9-22-10-13-25;1-25-17-16(18(29)27(11-7-21)20(25)30)28(13-14-5-2-3-6-15(14)22)19(24-17)26-10-4-8-23-9-12-26/h2-4,7-8,22,28H,5-6,9-15H2,1H3;2-3,5-6,23H,4,7-13H2,1H3. The van der Waals surface area contributed by atoms with Gasteiger partial charge in [-0.05, 0) is 72.1 Å². The molecule has 0 amide bonds. The number of aryl methyl sites for hydroxylation is 2. The van der Waals surface area contributed by atoms with Crippen LogP contribution in [0.4, 0.5) is 16.3 Å². The molecule has 6 aromatic rings. The maximum atomic E-state index is 13.4. The number of benzene rings is 2. The number of hydrogen-bond donors (Lipinski definition) is 3. The van der Waals surface area contributed by atoms with E-state index in [1.165, 1.54) is 13.7 Å². The highest BCUT2D eigenvalue weighted by atomic mass is 127. The number of nitrogens with zero attached hydrogens (tertiary/aromatic N) is 10. The van der Waals surface area contributed by atoms with Crippen molar-refractivity contribution in [3.8, 4) is 0 Å². The normalized spacial score (nSPS) is 14.9. The summed E-state index contributed by atoms with van der Waals surface area (Å²) >= 11 is 2.28. The van der Waals surface area contributed by atoms with Crippen LogP contribution in [0.15, 0.2) is 73.8 Å². The van der Waals surface area contributed by atoms with E-state index in [1.54, 1.807) is 14.1 Å². The number of aromatic nitrogens is 8. The Labute approximate surface area is 358 Å². The van der Waals surface area contributed by atoms with Crippen LogP contribution in [-0.2, 0) is 40.3 Å². The number of aliphatic hydroxyl groups excluding tert-OH is 1. The highest BCUT2D eigenvalue weighted by molar-refractivity contribution is 14.1. The Morgan fingerprint density at radius 2 is 1.18 bits per heavy atom. The quantitative estimate of drug-likeness (QED) is 0.161. The average molecular weight is 939 g/mol. The third-order valence-corrected chi connectivity index (χ3v) is 12.0. The Kier molecular flexibility index (Phi) is 14.0. The van der Waals surface area contributed by atoms with Crippen LogP contribution in [0.2, 0.25) is 0 Å². The molecule has 0 unspecified atom stereocenters. The molecule has 6 heterocycles. The Morgan fingerprint density at radius 1 is 0.667 bits per heavy atom. The number of alkyl halides is 1. The maximum absolute atomic E-state index is 13.4. The first-order valence-corrected chi connectivity index (χ1v) is 21.5. The molecule has 19 heteroatoms. The summed E-state index contributed by atoms with van der Waals surface area (Å²) < 4.78 is 22.9. The zero-order chi connectivity index (χ0) is 42.3. The second kappa shape index (κ2) is 19.5. The van der Waals surface area contributed by atoms with E-state index in [4.69, 9.17) is 9.97 Å². The fourth-order valence-corrected chi connectivity index (χ4v) is 8.42. The van der Waals surface area contributed by atoms with Gasteiger partial charge < -0.3 is 25.5 Å². The van der Waals surface area contributed by atoms with E-state index in [-0.39, 0.29) is 25.3 Å². The summed E-state index contributed by atoms with van der Waals surface area (Å²) in [4.78, 5) is 65.9. The second-order valence-corrected chi connectivity index (χ2v) is 16.1. The number of hydrogen-bond acceptors (Lipinski definition) is 11. The third-order valence-electron chi connectivity index (χ3n) is 11.0. The molecule has 0 saturated carbocycles. The van der Waals surface area contributed by atoms with Crippen LogP contribution < -0.4 is 42.9 Å². The molecule has 2 fully saturated rings. The Bertz CT molecular complexity index is 2670. The lowest BCUT2D eigenvalue weighted by atomic mass is 10.2. The van der Waals surface area contributed by atoms with E-state index in [9.17, 15) is 28.7 Å². The molecular formula is C41H52FIN12O5. The van der Waals surface area contributed by atoms with Crippen molar-refractivity contribution in [2.45, 2.75) is 45.4 Å². The summed E-state index contributed by atoms with van der Waals surface area (Å²) in [6, 6.07) is 17.9. The van der Waals surface area contributed by atoms with E-state index in [1.807, 2.05) is 63.7 Å². The minimum Gasteiger partial charge on any atom is -0.396 e. The van der Waals surface area contributed by atoms with Crippen molar-refractivity contribution >= 4 is 56.8 Å². The fourth-order valence-electron chi connectivity index (χ4n) is 7.86. The van der Waals surface area contributed by atoms with Gasteiger partial charge in [0.15, 0.2) is 22.3 Å². The molecule has 0 radical (unpaired) electrons. The van der Waals surface area contributed by atoms with Gasteiger partial charge in [0.25, 0.3) is 11.1 Å². The summed E-state index contributed by atoms with van der Waals surface area (Å²) in [6.45, 7) is 6.68. The summed E-state index contributed by atoms with van der Waals surface area (Å²) in [6.07, 6.45) is 2.28. The minimum atomic E-state index is -0.782. The van der Waals surface area contributed by atoms with Crippen molar-refractivity contribution in [3.05, 3.63) is 111 Å². The Morgan fingerprint density at radius 3 is 1.72 bits per heavy atom. The molecule has 4 aromatic heterocycles. The summed E-state index contributed by atoms with van der Waals surface area (Å²) in [7, 11) is 3.23. The smallest absolute Gasteiger partial charge is 0.332 e. The first kappa shape index (κ1) is 43.0. The number of rotatable bonds is 11. The Hall–Kier alpha value is -5.12. The zero-order valence-electron chi connectivity index (χ0n) is 34.0. The molecule has 0 bridgehead atoms. The Balaban J connectivity index is 0.000000181. The molecule has 0 atom stereocenters. The van der Waals surface area contributed by atoms with E-state index < -0.39 is 23.6 Å². The van der Waals surface area contributed by atoms with Crippen molar-refractivity contribution in [2.75, 3.05) is 75.4 Å². The summed E-state index contributed by atoms with van der Waals surface area (Å²) in [5, 5.41) is 16.0. The molecule has 60 heavy (non-hydrogen) atoms.